The van der Waals surface area contributed by atoms with Crippen molar-refractivity contribution in [3.05, 3.63) is 93.8 Å². The molecule has 0 saturated carbocycles. The van der Waals surface area contributed by atoms with Crippen LogP contribution in [0.3, 0.4) is 0 Å². The Morgan fingerprint density at radius 3 is 2.63 bits per heavy atom. The van der Waals surface area contributed by atoms with Crippen molar-refractivity contribution in [3.8, 4) is 17.1 Å². The molecule has 1 aliphatic rings. The number of hydrogen-bond acceptors (Lipinski definition) is 3. The summed E-state index contributed by atoms with van der Waals surface area (Å²) >= 11 is 0. The first-order valence-corrected chi connectivity index (χ1v) is 10.4. The maximum absolute atomic E-state index is 13.5. The minimum absolute atomic E-state index is 0.0546. The number of rotatable bonds is 4. The molecule has 1 aromatic heterocycles. The lowest BCUT2D eigenvalue weighted by atomic mass is 9.98. The van der Waals surface area contributed by atoms with E-state index in [1.54, 1.807) is 4.57 Å². The van der Waals surface area contributed by atoms with E-state index in [0.29, 0.717) is 29.2 Å². The van der Waals surface area contributed by atoms with Gasteiger partial charge in [0.15, 0.2) is 0 Å². The van der Waals surface area contributed by atoms with E-state index in [1.807, 2.05) is 48.7 Å². The van der Waals surface area contributed by atoms with Crippen molar-refractivity contribution in [1.29, 1.82) is 0 Å². The van der Waals surface area contributed by atoms with Crippen LogP contribution in [-0.2, 0) is 6.54 Å². The van der Waals surface area contributed by atoms with Gasteiger partial charge in [-0.15, -0.1) is 0 Å². The van der Waals surface area contributed by atoms with E-state index in [9.17, 15) is 4.79 Å². The van der Waals surface area contributed by atoms with Gasteiger partial charge >= 0.3 is 0 Å². The highest BCUT2D eigenvalue weighted by Gasteiger charge is 2.16. The molecule has 1 atom stereocenters. The molecule has 0 spiro atoms. The SMILES string of the molecule is CCC(C)c1ccc(-n2c(-c3ccc4c(c3)C=NC4)nc3ccccc3c2=O)cc1. The quantitative estimate of drug-likeness (QED) is 0.460. The van der Waals surface area contributed by atoms with Gasteiger partial charge in [0.05, 0.1) is 23.1 Å². The number of para-hydroxylation sites is 1. The number of aromatic nitrogens is 2. The Morgan fingerprint density at radius 2 is 1.83 bits per heavy atom. The lowest BCUT2D eigenvalue weighted by molar-refractivity contribution is 0.733. The molecule has 3 aromatic carbocycles. The third-order valence-corrected chi connectivity index (χ3v) is 6.00. The van der Waals surface area contributed by atoms with Crippen LogP contribution in [0.25, 0.3) is 28.0 Å². The van der Waals surface area contributed by atoms with E-state index >= 15 is 0 Å². The zero-order valence-corrected chi connectivity index (χ0v) is 17.2. The van der Waals surface area contributed by atoms with E-state index < -0.39 is 0 Å². The van der Waals surface area contributed by atoms with Crippen molar-refractivity contribution in [2.45, 2.75) is 32.7 Å². The fourth-order valence-electron chi connectivity index (χ4n) is 3.99. The van der Waals surface area contributed by atoms with Crippen LogP contribution in [0.5, 0.6) is 0 Å². The summed E-state index contributed by atoms with van der Waals surface area (Å²) in [4.78, 5) is 22.8. The van der Waals surface area contributed by atoms with Crippen LogP contribution in [0.2, 0.25) is 0 Å². The average molecular weight is 393 g/mol. The molecular formula is C26H23N3O. The van der Waals surface area contributed by atoms with Gasteiger partial charge in [0.25, 0.3) is 5.56 Å². The summed E-state index contributed by atoms with van der Waals surface area (Å²) in [5.74, 6) is 1.14. The first-order valence-electron chi connectivity index (χ1n) is 10.4. The fourth-order valence-corrected chi connectivity index (χ4v) is 3.99. The zero-order valence-electron chi connectivity index (χ0n) is 17.2. The summed E-state index contributed by atoms with van der Waals surface area (Å²) < 4.78 is 1.73. The van der Waals surface area contributed by atoms with Crippen LogP contribution in [0.1, 0.15) is 42.9 Å². The number of nitrogens with zero attached hydrogens (tertiary/aromatic N) is 3. The maximum atomic E-state index is 13.5. The van der Waals surface area contributed by atoms with Gasteiger partial charge in [-0.3, -0.25) is 14.4 Å². The largest absolute Gasteiger partial charge is 0.288 e. The Balaban J connectivity index is 1.76. The minimum Gasteiger partial charge on any atom is -0.288 e. The first-order chi connectivity index (χ1) is 14.7. The molecule has 5 rings (SSSR count). The highest BCUT2D eigenvalue weighted by molar-refractivity contribution is 5.87. The second-order valence-electron chi connectivity index (χ2n) is 7.88. The number of fused-ring (bicyclic) bond motifs is 2. The Bertz CT molecular complexity index is 1330. The Labute approximate surface area is 175 Å². The van der Waals surface area contributed by atoms with Gasteiger partial charge < -0.3 is 0 Å². The third kappa shape index (κ3) is 3.05. The van der Waals surface area contributed by atoms with E-state index in [1.165, 1.54) is 11.1 Å². The molecule has 4 aromatic rings. The molecule has 0 saturated heterocycles. The van der Waals surface area contributed by atoms with Gasteiger partial charge in [0.1, 0.15) is 5.82 Å². The fraction of sp³-hybridized carbons (Fsp3) is 0.192. The van der Waals surface area contributed by atoms with Crippen LogP contribution in [0.4, 0.5) is 0 Å². The van der Waals surface area contributed by atoms with Crippen LogP contribution in [-0.4, -0.2) is 15.8 Å². The first kappa shape index (κ1) is 18.5. The summed E-state index contributed by atoms with van der Waals surface area (Å²) in [6.45, 7) is 5.12. The van der Waals surface area contributed by atoms with Gasteiger partial charge in [-0.05, 0) is 59.4 Å². The lowest BCUT2D eigenvalue weighted by Gasteiger charge is -2.16. The predicted molar refractivity (Wildman–Crippen MR) is 123 cm³/mol. The number of aliphatic imine (C=N–C) groups is 1. The van der Waals surface area contributed by atoms with Crippen LogP contribution in [0.15, 0.2) is 76.5 Å². The maximum Gasteiger partial charge on any atom is 0.266 e. The normalized spacial score (nSPS) is 13.5. The number of benzene rings is 3. The zero-order chi connectivity index (χ0) is 20.7. The highest BCUT2D eigenvalue weighted by Crippen LogP contribution is 2.27. The van der Waals surface area contributed by atoms with E-state index in [2.05, 4.69) is 43.1 Å². The molecule has 2 heterocycles. The minimum atomic E-state index is -0.0546. The van der Waals surface area contributed by atoms with E-state index in [0.717, 1.165) is 23.2 Å². The molecular weight excluding hydrogens is 370 g/mol. The predicted octanol–water partition coefficient (Wildman–Crippen LogP) is 5.50. The summed E-state index contributed by atoms with van der Waals surface area (Å²) in [6, 6.07) is 22.0. The summed E-state index contributed by atoms with van der Waals surface area (Å²) in [6.07, 6.45) is 2.97. The van der Waals surface area contributed by atoms with Gasteiger partial charge in [0, 0.05) is 11.8 Å². The van der Waals surface area contributed by atoms with Crippen LogP contribution in [0, 0.1) is 0 Å². The summed E-state index contributed by atoms with van der Waals surface area (Å²) in [5, 5.41) is 0.620. The average Bonchev–Trinajstić information content (AvgIpc) is 3.26. The van der Waals surface area contributed by atoms with Crippen molar-refractivity contribution >= 4 is 17.1 Å². The van der Waals surface area contributed by atoms with Crippen molar-refractivity contribution in [2.24, 2.45) is 4.99 Å². The molecule has 30 heavy (non-hydrogen) atoms. The summed E-state index contributed by atoms with van der Waals surface area (Å²) in [5.41, 5.74) is 5.96. The Kier molecular flexibility index (Phi) is 4.55. The van der Waals surface area contributed by atoms with Gasteiger partial charge in [-0.25, -0.2) is 4.98 Å². The molecule has 4 nitrogen and oxygen atoms in total. The second kappa shape index (κ2) is 7.38. The van der Waals surface area contributed by atoms with Crippen LogP contribution < -0.4 is 5.56 Å². The molecule has 0 amide bonds. The van der Waals surface area contributed by atoms with Crippen LogP contribution >= 0.6 is 0 Å². The monoisotopic (exact) mass is 393 g/mol. The lowest BCUT2D eigenvalue weighted by Crippen LogP contribution is -2.22. The van der Waals surface area contributed by atoms with Crippen molar-refractivity contribution in [3.63, 3.8) is 0 Å². The third-order valence-electron chi connectivity index (χ3n) is 6.00. The van der Waals surface area contributed by atoms with Crippen molar-refractivity contribution in [1.82, 2.24) is 9.55 Å². The second-order valence-corrected chi connectivity index (χ2v) is 7.88. The molecule has 0 N–H and O–H groups in total. The van der Waals surface area contributed by atoms with Gasteiger partial charge in [-0.1, -0.05) is 50.2 Å². The topological polar surface area (TPSA) is 47.2 Å². The molecule has 0 fully saturated rings. The van der Waals surface area contributed by atoms with Crippen molar-refractivity contribution in [2.75, 3.05) is 0 Å². The molecule has 0 aliphatic carbocycles. The molecule has 0 bridgehead atoms. The standard InChI is InChI=1S/C26H23N3O/c1-3-17(2)18-10-12-22(13-11-18)29-25(19-8-9-20-15-27-16-21(20)14-19)28-24-7-5-4-6-23(24)26(29)30/h4-14,16-17H,3,15H2,1-2H3. The van der Waals surface area contributed by atoms with E-state index in [4.69, 9.17) is 4.98 Å². The highest BCUT2D eigenvalue weighted by atomic mass is 16.1. The molecule has 1 unspecified atom stereocenters. The Hall–Kier alpha value is -3.53. The molecule has 1 aliphatic heterocycles. The molecule has 148 valence electrons. The van der Waals surface area contributed by atoms with Crippen molar-refractivity contribution < 1.29 is 0 Å². The molecule has 0 radical (unpaired) electrons. The molecule has 4 heteroatoms. The summed E-state index contributed by atoms with van der Waals surface area (Å²) in [7, 11) is 0. The smallest absolute Gasteiger partial charge is 0.266 e. The number of hydrogen-bond donors (Lipinski definition) is 0. The van der Waals surface area contributed by atoms with E-state index in [-0.39, 0.29) is 5.56 Å². The van der Waals surface area contributed by atoms with Gasteiger partial charge in [-0.2, -0.15) is 0 Å². The van der Waals surface area contributed by atoms with Gasteiger partial charge in [0.2, 0.25) is 0 Å². The Morgan fingerprint density at radius 1 is 1.03 bits per heavy atom.